The maximum Gasteiger partial charge on any atom is 0.144 e. The number of halogens is 6. The van der Waals surface area contributed by atoms with Crippen molar-refractivity contribution in [2.75, 3.05) is 0 Å². The fraction of sp³-hybridized carbons (Fsp3) is 0.472. The second-order valence-corrected chi connectivity index (χ2v) is 12.4. The Morgan fingerprint density at radius 2 is 1.40 bits per heavy atom. The van der Waals surface area contributed by atoms with Gasteiger partial charge in [0.25, 0.3) is 0 Å². The molecule has 1 unspecified atom stereocenters. The Hall–Kier alpha value is -3.27. The second-order valence-electron chi connectivity index (χ2n) is 12.4. The van der Waals surface area contributed by atoms with Gasteiger partial charge in [-0.15, -0.1) is 0 Å². The molecule has 0 amide bonds. The van der Waals surface area contributed by atoms with Gasteiger partial charge in [-0.3, -0.25) is 0 Å². The molecule has 0 N–H and O–H groups in total. The van der Waals surface area contributed by atoms with Crippen LogP contribution in [0.25, 0.3) is 0 Å². The smallest absolute Gasteiger partial charge is 0.144 e. The van der Waals surface area contributed by atoms with Crippen molar-refractivity contribution in [2.45, 2.75) is 102 Å². The minimum Gasteiger partial charge on any atom is -0.207 e. The lowest BCUT2D eigenvalue weighted by Crippen LogP contribution is -2.21. The van der Waals surface area contributed by atoms with E-state index in [4.69, 9.17) is 5.26 Å². The first-order chi connectivity index (χ1) is 20.7. The van der Waals surface area contributed by atoms with Crippen molar-refractivity contribution >= 4 is 0 Å². The van der Waals surface area contributed by atoms with Gasteiger partial charge in [-0.1, -0.05) is 19.8 Å². The summed E-state index contributed by atoms with van der Waals surface area (Å²) in [5.41, 5.74) is 1.86. The summed E-state index contributed by atoms with van der Waals surface area (Å²) in [5, 5.41) is 8.91. The fourth-order valence-corrected chi connectivity index (χ4v) is 7.18. The summed E-state index contributed by atoms with van der Waals surface area (Å²) >= 11 is 0. The molecule has 1 atom stereocenters. The molecule has 0 aliphatic heterocycles. The number of nitrogens with zero attached hydrogens (tertiary/aromatic N) is 1. The van der Waals surface area contributed by atoms with Gasteiger partial charge in [0.2, 0.25) is 0 Å². The molecular formula is C36H37F6N. The standard InChI is InChI=1S/C36H37F6N/c1-2-3-4-5-22-15-30(37)28(31(38)16-22)13-7-21-6-12-27-26(14-21)19-34(41)35(36(27)42)24-10-8-23(9-11-24)25-17-32(39)29(20-43)33(40)18-25/h15-19,21,23-24H,2-14H2,1H3. The van der Waals surface area contributed by atoms with Crippen LogP contribution in [0.1, 0.15) is 115 Å². The Kier molecular flexibility index (Phi) is 9.84. The van der Waals surface area contributed by atoms with Crippen LogP contribution in [0.15, 0.2) is 30.3 Å². The molecule has 3 aromatic rings. The molecule has 228 valence electrons. The maximum atomic E-state index is 15.8. The predicted octanol–water partition coefficient (Wildman–Crippen LogP) is 10.3. The molecule has 2 aliphatic rings. The minimum atomic E-state index is -0.893. The largest absolute Gasteiger partial charge is 0.207 e. The van der Waals surface area contributed by atoms with Gasteiger partial charge in [0.15, 0.2) is 0 Å². The zero-order valence-corrected chi connectivity index (χ0v) is 24.5. The summed E-state index contributed by atoms with van der Waals surface area (Å²) in [5.74, 6) is -4.31. The van der Waals surface area contributed by atoms with E-state index in [0.717, 1.165) is 19.3 Å². The second kappa shape index (κ2) is 13.6. The van der Waals surface area contributed by atoms with Gasteiger partial charge < -0.3 is 0 Å². The van der Waals surface area contributed by atoms with Gasteiger partial charge in [-0.25, -0.2) is 26.3 Å². The lowest BCUT2D eigenvalue weighted by molar-refractivity contribution is 0.367. The van der Waals surface area contributed by atoms with Gasteiger partial charge in [-0.05, 0) is 141 Å². The molecule has 43 heavy (non-hydrogen) atoms. The highest BCUT2D eigenvalue weighted by molar-refractivity contribution is 5.40. The molecule has 0 radical (unpaired) electrons. The van der Waals surface area contributed by atoms with Crippen molar-refractivity contribution in [1.29, 1.82) is 5.26 Å². The highest BCUT2D eigenvalue weighted by Crippen LogP contribution is 2.44. The minimum absolute atomic E-state index is 0.0730. The number of nitriles is 1. The first-order valence-electron chi connectivity index (χ1n) is 15.6. The molecule has 7 heteroatoms. The Morgan fingerprint density at radius 3 is 2.02 bits per heavy atom. The van der Waals surface area contributed by atoms with Crippen molar-refractivity contribution < 1.29 is 26.3 Å². The molecule has 0 spiro atoms. The van der Waals surface area contributed by atoms with E-state index in [1.807, 2.05) is 0 Å². The Bertz CT molecular complexity index is 1470. The first kappa shape index (κ1) is 31.2. The van der Waals surface area contributed by atoms with E-state index in [2.05, 4.69) is 6.92 Å². The number of hydrogen-bond donors (Lipinski definition) is 0. The van der Waals surface area contributed by atoms with Crippen LogP contribution in [0, 0.1) is 52.2 Å². The van der Waals surface area contributed by atoms with Crippen LogP contribution in [0.4, 0.5) is 26.3 Å². The van der Waals surface area contributed by atoms with E-state index in [0.29, 0.717) is 80.0 Å². The van der Waals surface area contributed by atoms with Crippen LogP contribution in [0.5, 0.6) is 0 Å². The highest BCUT2D eigenvalue weighted by atomic mass is 19.2. The third-order valence-corrected chi connectivity index (χ3v) is 9.61. The van der Waals surface area contributed by atoms with Crippen molar-refractivity contribution in [3.63, 3.8) is 0 Å². The summed E-state index contributed by atoms with van der Waals surface area (Å²) in [4.78, 5) is 0. The first-order valence-corrected chi connectivity index (χ1v) is 15.6. The normalized spacial score (nSPS) is 20.1. The Labute approximate surface area is 249 Å². The highest BCUT2D eigenvalue weighted by Gasteiger charge is 2.32. The number of aryl methyl sites for hydroxylation is 1. The van der Waals surface area contributed by atoms with Crippen LogP contribution in [-0.4, -0.2) is 0 Å². The van der Waals surface area contributed by atoms with Crippen LogP contribution in [0.3, 0.4) is 0 Å². The summed E-state index contributed by atoms with van der Waals surface area (Å²) in [6.45, 7) is 2.08. The number of benzene rings is 3. The monoisotopic (exact) mass is 597 g/mol. The van der Waals surface area contributed by atoms with Crippen molar-refractivity contribution in [1.82, 2.24) is 0 Å². The molecular weight excluding hydrogens is 560 g/mol. The molecule has 0 saturated heterocycles. The molecule has 1 nitrogen and oxygen atoms in total. The number of hydrogen-bond acceptors (Lipinski definition) is 1. The zero-order valence-electron chi connectivity index (χ0n) is 24.5. The van der Waals surface area contributed by atoms with Gasteiger partial charge in [0.1, 0.15) is 46.5 Å². The van der Waals surface area contributed by atoms with Crippen LogP contribution in [0.2, 0.25) is 0 Å². The molecule has 1 saturated carbocycles. The summed E-state index contributed by atoms with van der Waals surface area (Å²) in [6.07, 6.45) is 7.97. The van der Waals surface area contributed by atoms with E-state index in [1.54, 1.807) is 0 Å². The number of fused-ring (bicyclic) bond motifs is 1. The van der Waals surface area contributed by atoms with Gasteiger partial charge >= 0.3 is 0 Å². The van der Waals surface area contributed by atoms with Gasteiger partial charge in [-0.2, -0.15) is 5.26 Å². The molecule has 0 heterocycles. The lowest BCUT2D eigenvalue weighted by Gasteiger charge is -2.32. The molecule has 2 aliphatic carbocycles. The summed E-state index contributed by atoms with van der Waals surface area (Å²) < 4.78 is 88.9. The zero-order chi connectivity index (χ0) is 30.7. The average molecular weight is 598 g/mol. The molecule has 3 aromatic carbocycles. The quantitative estimate of drug-likeness (QED) is 0.178. The van der Waals surface area contributed by atoms with E-state index >= 15 is 8.78 Å². The van der Waals surface area contributed by atoms with Crippen molar-refractivity contribution in [3.05, 3.63) is 104 Å². The maximum absolute atomic E-state index is 15.8. The third-order valence-electron chi connectivity index (χ3n) is 9.61. The summed E-state index contributed by atoms with van der Waals surface area (Å²) in [6, 6.07) is 8.21. The molecule has 0 bridgehead atoms. The Morgan fingerprint density at radius 1 is 0.744 bits per heavy atom. The van der Waals surface area contributed by atoms with Crippen molar-refractivity contribution in [2.24, 2.45) is 5.92 Å². The third kappa shape index (κ3) is 6.79. The van der Waals surface area contributed by atoms with E-state index in [9.17, 15) is 17.6 Å². The van der Waals surface area contributed by atoms with E-state index in [-0.39, 0.29) is 35.3 Å². The van der Waals surface area contributed by atoms with Crippen molar-refractivity contribution in [3.8, 4) is 6.07 Å². The van der Waals surface area contributed by atoms with Gasteiger partial charge in [0.05, 0.1) is 0 Å². The van der Waals surface area contributed by atoms with Crippen LogP contribution >= 0.6 is 0 Å². The molecule has 1 fully saturated rings. The Balaban J connectivity index is 1.22. The molecule has 0 aromatic heterocycles. The molecule has 5 rings (SSSR count). The number of rotatable bonds is 9. The topological polar surface area (TPSA) is 23.8 Å². The van der Waals surface area contributed by atoms with Crippen LogP contribution in [-0.2, 0) is 25.7 Å². The number of unbranched alkanes of at least 4 members (excludes halogenated alkanes) is 2. The SMILES string of the molecule is CCCCCc1cc(F)c(CCC2CCc3c(cc(F)c(C4CCC(c5cc(F)c(C#N)c(F)c5)CC4)c3F)C2)c(F)c1. The van der Waals surface area contributed by atoms with Gasteiger partial charge in [0, 0.05) is 11.1 Å². The van der Waals surface area contributed by atoms with E-state index < -0.39 is 40.5 Å². The summed E-state index contributed by atoms with van der Waals surface area (Å²) in [7, 11) is 0. The van der Waals surface area contributed by atoms with E-state index in [1.165, 1.54) is 36.4 Å². The average Bonchev–Trinajstić information content (AvgIpc) is 2.97. The fourth-order valence-electron chi connectivity index (χ4n) is 7.18. The van der Waals surface area contributed by atoms with Crippen LogP contribution < -0.4 is 0 Å². The predicted molar refractivity (Wildman–Crippen MR) is 155 cm³/mol. The lowest BCUT2D eigenvalue weighted by atomic mass is 9.74.